The van der Waals surface area contributed by atoms with E-state index in [-0.39, 0.29) is 16.8 Å². The Hall–Kier alpha value is -3.07. The van der Waals surface area contributed by atoms with Crippen LogP contribution in [0.15, 0.2) is 63.4 Å². The van der Waals surface area contributed by atoms with Gasteiger partial charge in [-0.2, -0.15) is 4.99 Å². The standard InChI is InChI=1S/C15H18N6O2S/c1-10-3-2-4-12(9-10)21-24(22,23)13-7-5-11(6-8-13)19-15(18)20-14(16)17/h2-9,21H,1H3,(H6,16,17,18,19,20). The lowest BCUT2D eigenvalue weighted by atomic mass is 10.2. The summed E-state index contributed by atoms with van der Waals surface area (Å²) in [7, 11) is -3.69. The van der Waals surface area contributed by atoms with Crippen LogP contribution in [-0.2, 0) is 10.0 Å². The van der Waals surface area contributed by atoms with Gasteiger partial charge in [0, 0.05) is 5.69 Å². The van der Waals surface area contributed by atoms with Crippen LogP contribution in [0.2, 0.25) is 0 Å². The predicted molar refractivity (Wildman–Crippen MR) is 95.5 cm³/mol. The Morgan fingerprint density at radius 2 is 1.71 bits per heavy atom. The molecule has 0 atom stereocenters. The van der Waals surface area contributed by atoms with Gasteiger partial charge in [0.05, 0.1) is 10.6 Å². The van der Waals surface area contributed by atoms with Gasteiger partial charge in [-0.25, -0.2) is 13.4 Å². The van der Waals surface area contributed by atoms with Crippen LogP contribution in [0.1, 0.15) is 5.56 Å². The summed E-state index contributed by atoms with van der Waals surface area (Å²) in [6.45, 7) is 1.88. The number of sulfonamides is 1. The van der Waals surface area contributed by atoms with Crippen LogP contribution >= 0.6 is 0 Å². The van der Waals surface area contributed by atoms with Gasteiger partial charge in [-0.1, -0.05) is 12.1 Å². The summed E-state index contributed by atoms with van der Waals surface area (Å²) in [5.41, 5.74) is 17.8. The Balaban J connectivity index is 2.22. The van der Waals surface area contributed by atoms with E-state index in [0.717, 1.165) is 5.56 Å². The minimum Gasteiger partial charge on any atom is -0.370 e. The van der Waals surface area contributed by atoms with Crippen LogP contribution in [0.25, 0.3) is 0 Å². The SMILES string of the molecule is Cc1cccc(NS(=O)(=O)c2ccc(N=C(N)N=C(N)N)cc2)c1. The van der Waals surface area contributed by atoms with E-state index in [0.29, 0.717) is 11.4 Å². The molecule has 0 amide bonds. The monoisotopic (exact) mass is 346 g/mol. The molecular formula is C15H18N6O2S. The van der Waals surface area contributed by atoms with Crippen molar-refractivity contribution >= 4 is 33.3 Å². The van der Waals surface area contributed by atoms with Gasteiger partial charge in [0.2, 0.25) is 5.96 Å². The molecule has 0 unspecified atom stereocenters. The number of anilines is 1. The number of guanidine groups is 2. The molecule has 2 aromatic carbocycles. The minimum atomic E-state index is -3.69. The smallest absolute Gasteiger partial charge is 0.261 e. The maximum atomic E-state index is 12.4. The molecule has 0 saturated carbocycles. The predicted octanol–water partition coefficient (Wildman–Crippen LogP) is 1.02. The number of nitrogens with one attached hydrogen (secondary N) is 1. The van der Waals surface area contributed by atoms with Gasteiger partial charge in [0.15, 0.2) is 5.96 Å². The highest BCUT2D eigenvalue weighted by Crippen LogP contribution is 2.20. The highest BCUT2D eigenvalue weighted by atomic mass is 32.2. The number of hydrogen-bond donors (Lipinski definition) is 4. The third-order valence-corrected chi connectivity index (χ3v) is 4.30. The molecule has 2 aromatic rings. The van der Waals surface area contributed by atoms with Crippen LogP contribution in [0, 0.1) is 6.92 Å². The average Bonchev–Trinajstić information content (AvgIpc) is 2.46. The molecule has 0 heterocycles. The van der Waals surface area contributed by atoms with Crippen LogP contribution < -0.4 is 21.9 Å². The third kappa shape index (κ3) is 4.71. The summed E-state index contributed by atoms with van der Waals surface area (Å²) in [5, 5.41) is 0. The summed E-state index contributed by atoms with van der Waals surface area (Å²) in [6.07, 6.45) is 0. The molecule has 24 heavy (non-hydrogen) atoms. The van der Waals surface area contributed by atoms with Crippen molar-refractivity contribution in [3.05, 3.63) is 54.1 Å². The molecule has 2 rings (SSSR count). The molecule has 0 fully saturated rings. The van der Waals surface area contributed by atoms with Crippen LogP contribution in [0.4, 0.5) is 11.4 Å². The normalized spacial score (nSPS) is 11.8. The van der Waals surface area contributed by atoms with E-state index in [4.69, 9.17) is 17.2 Å². The molecule has 0 bridgehead atoms. The number of rotatable bonds is 4. The third-order valence-electron chi connectivity index (χ3n) is 2.90. The Labute approximate surface area is 140 Å². The van der Waals surface area contributed by atoms with Crippen molar-refractivity contribution in [1.82, 2.24) is 0 Å². The van der Waals surface area contributed by atoms with Crippen molar-refractivity contribution in [3.8, 4) is 0 Å². The number of nitrogens with two attached hydrogens (primary N) is 3. The second kappa shape index (κ2) is 7.01. The fourth-order valence-corrected chi connectivity index (χ4v) is 2.96. The maximum Gasteiger partial charge on any atom is 0.261 e. The van der Waals surface area contributed by atoms with Crippen LogP contribution in [0.3, 0.4) is 0 Å². The first kappa shape index (κ1) is 17.3. The summed E-state index contributed by atoms with van der Waals surface area (Å²) < 4.78 is 27.2. The van der Waals surface area contributed by atoms with Crippen molar-refractivity contribution in [3.63, 3.8) is 0 Å². The van der Waals surface area contributed by atoms with E-state index in [2.05, 4.69) is 14.7 Å². The zero-order valence-electron chi connectivity index (χ0n) is 13.0. The van der Waals surface area contributed by atoms with Gasteiger partial charge < -0.3 is 17.2 Å². The molecular weight excluding hydrogens is 328 g/mol. The Kier molecular flexibility index (Phi) is 5.05. The lowest BCUT2D eigenvalue weighted by molar-refractivity contribution is 0.601. The quantitative estimate of drug-likeness (QED) is 0.481. The molecule has 9 heteroatoms. The summed E-state index contributed by atoms with van der Waals surface area (Å²) in [4.78, 5) is 7.63. The summed E-state index contributed by atoms with van der Waals surface area (Å²) in [6, 6.07) is 12.9. The van der Waals surface area contributed by atoms with E-state index in [1.807, 2.05) is 13.0 Å². The first-order valence-electron chi connectivity index (χ1n) is 6.89. The number of nitrogens with zero attached hydrogens (tertiary/aromatic N) is 2. The average molecular weight is 346 g/mol. The van der Waals surface area contributed by atoms with Gasteiger partial charge >= 0.3 is 0 Å². The van der Waals surface area contributed by atoms with Gasteiger partial charge in [0.1, 0.15) is 0 Å². The molecule has 126 valence electrons. The van der Waals surface area contributed by atoms with Crippen molar-refractivity contribution in [1.29, 1.82) is 0 Å². The lowest BCUT2D eigenvalue weighted by Crippen LogP contribution is -2.26. The number of benzene rings is 2. The van der Waals surface area contributed by atoms with Crippen LogP contribution in [-0.4, -0.2) is 20.3 Å². The van der Waals surface area contributed by atoms with Gasteiger partial charge in [0.25, 0.3) is 10.0 Å². The zero-order valence-corrected chi connectivity index (χ0v) is 13.8. The Bertz CT molecular complexity index is 884. The first-order valence-corrected chi connectivity index (χ1v) is 8.38. The van der Waals surface area contributed by atoms with E-state index < -0.39 is 10.0 Å². The second-order valence-corrected chi connectivity index (χ2v) is 6.66. The molecule has 7 N–H and O–H groups in total. The Morgan fingerprint density at radius 1 is 1.04 bits per heavy atom. The summed E-state index contributed by atoms with van der Waals surface area (Å²) >= 11 is 0. The first-order chi connectivity index (χ1) is 11.3. The van der Waals surface area contributed by atoms with Gasteiger partial charge in [-0.15, -0.1) is 0 Å². The maximum absolute atomic E-state index is 12.4. The molecule has 0 saturated heterocycles. The number of aliphatic imine (C=N–C) groups is 2. The van der Waals surface area contributed by atoms with Crippen molar-refractivity contribution in [2.24, 2.45) is 27.2 Å². The molecule has 0 spiro atoms. The van der Waals surface area contributed by atoms with Gasteiger partial charge in [-0.3, -0.25) is 4.72 Å². The molecule has 0 radical (unpaired) electrons. The van der Waals surface area contributed by atoms with E-state index in [9.17, 15) is 8.42 Å². The lowest BCUT2D eigenvalue weighted by Gasteiger charge is -2.08. The van der Waals surface area contributed by atoms with E-state index in [1.165, 1.54) is 24.3 Å². The Morgan fingerprint density at radius 3 is 2.29 bits per heavy atom. The number of hydrogen-bond acceptors (Lipinski definition) is 3. The van der Waals surface area contributed by atoms with Gasteiger partial charge in [-0.05, 0) is 48.9 Å². The largest absolute Gasteiger partial charge is 0.370 e. The zero-order chi connectivity index (χ0) is 17.7. The molecule has 8 nitrogen and oxygen atoms in total. The van der Waals surface area contributed by atoms with Crippen molar-refractivity contribution in [2.75, 3.05) is 4.72 Å². The topological polar surface area (TPSA) is 149 Å². The second-order valence-electron chi connectivity index (χ2n) is 4.98. The molecule has 0 aliphatic carbocycles. The van der Waals surface area contributed by atoms with Crippen molar-refractivity contribution in [2.45, 2.75) is 11.8 Å². The molecule has 0 aromatic heterocycles. The highest BCUT2D eigenvalue weighted by molar-refractivity contribution is 7.92. The fourth-order valence-electron chi connectivity index (χ4n) is 1.91. The molecule has 0 aliphatic rings. The van der Waals surface area contributed by atoms with Crippen LogP contribution in [0.5, 0.6) is 0 Å². The number of aryl methyl sites for hydroxylation is 1. The molecule has 0 aliphatic heterocycles. The van der Waals surface area contributed by atoms with E-state index >= 15 is 0 Å². The fraction of sp³-hybridized carbons (Fsp3) is 0.0667. The summed E-state index contributed by atoms with van der Waals surface area (Å²) in [5.74, 6) is -0.332. The van der Waals surface area contributed by atoms with E-state index in [1.54, 1.807) is 18.2 Å². The highest BCUT2D eigenvalue weighted by Gasteiger charge is 2.14. The van der Waals surface area contributed by atoms with Crippen molar-refractivity contribution < 1.29 is 8.42 Å². The minimum absolute atomic E-state index is 0.100.